The molecule has 4 nitrogen and oxygen atoms in total. The molecule has 2 N–H and O–H groups in total. The minimum atomic E-state index is -2.53. The first-order valence-electron chi connectivity index (χ1n) is 5.78. The molecule has 100 valence electrons. The van der Waals surface area contributed by atoms with Gasteiger partial charge in [0.1, 0.15) is 5.82 Å². The molecule has 2 aromatic heterocycles. The van der Waals surface area contributed by atoms with Crippen LogP contribution in [0.2, 0.25) is 5.02 Å². The number of hydrogen-bond acceptors (Lipinski definition) is 3. The lowest BCUT2D eigenvalue weighted by Crippen LogP contribution is -2.05. The highest BCUT2D eigenvalue weighted by atomic mass is 35.5. The summed E-state index contributed by atoms with van der Waals surface area (Å²) in [5, 5.41) is 4.59. The molecule has 0 aromatic carbocycles. The van der Waals surface area contributed by atoms with Gasteiger partial charge in [0.2, 0.25) is 0 Å². The van der Waals surface area contributed by atoms with E-state index in [0.29, 0.717) is 16.3 Å². The third kappa shape index (κ3) is 2.40. The Balaban J connectivity index is 1.79. The lowest BCUT2D eigenvalue weighted by atomic mass is 10.2. The monoisotopic (exact) mass is 284 g/mol. The molecule has 0 amide bonds. The van der Waals surface area contributed by atoms with Gasteiger partial charge in [0.15, 0.2) is 0 Å². The average Bonchev–Trinajstić information content (AvgIpc) is 2.76. The summed E-state index contributed by atoms with van der Waals surface area (Å²) >= 11 is 5.88. The normalized spacial score (nSPS) is 20.5. The Hall–Kier alpha value is -1.69. The number of pyridine rings is 1. The third-order valence-corrected chi connectivity index (χ3v) is 3.47. The predicted molar refractivity (Wildman–Crippen MR) is 67.9 cm³/mol. The summed E-state index contributed by atoms with van der Waals surface area (Å²) in [5.74, 6) is -2.88. The average molecular weight is 285 g/mol. The fraction of sp³-hybridized carbons (Fsp3) is 0.333. The Kier molecular flexibility index (Phi) is 2.70. The van der Waals surface area contributed by atoms with Crippen LogP contribution in [-0.2, 0) is 6.54 Å². The molecular formula is C12H11ClF2N4. The molecule has 1 aliphatic carbocycles. The number of nitrogens with zero attached hydrogens (tertiary/aromatic N) is 3. The predicted octanol–water partition coefficient (Wildman–Crippen LogP) is 2.84. The van der Waals surface area contributed by atoms with Crippen molar-refractivity contribution in [2.75, 3.05) is 5.73 Å². The third-order valence-electron chi connectivity index (χ3n) is 3.17. The minimum absolute atomic E-state index is 0.0581. The molecular weight excluding hydrogens is 274 g/mol. The molecule has 0 saturated heterocycles. The number of anilines is 1. The van der Waals surface area contributed by atoms with Crippen molar-refractivity contribution in [3.63, 3.8) is 0 Å². The van der Waals surface area contributed by atoms with Crippen LogP contribution in [0.25, 0.3) is 11.3 Å². The van der Waals surface area contributed by atoms with Crippen LogP contribution in [0.3, 0.4) is 0 Å². The summed E-state index contributed by atoms with van der Waals surface area (Å²) in [4.78, 5) is 3.94. The van der Waals surface area contributed by atoms with E-state index >= 15 is 0 Å². The van der Waals surface area contributed by atoms with Crippen LogP contribution in [0.15, 0.2) is 24.5 Å². The highest BCUT2D eigenvalue weighted by Gasteiger charge is 2.56. The van der Waals surface area contributed by atoms with E-state index in [0.717, 1.165) is 0 Å². The number of nitrogen functional groups attached to an aromatic ring is 1. The summed E-state index contributed by atoms with van der Waals surface area (Å²) in [6.07, 6.45) is 3.17. The van der Waals surface area contributed by atoms with Gasteiger partial charge in [-0.05, 0) is 12.1 Å². The Morgan fingerprint density at radius 2 is 2.26 bits per heavy atom. The molecule has 0 aliphatic heterocycles. The van der Waals surface area contributed by atoms with Gasteiger partial charge in [-0.25, -0.2) is 13.8 Å². The van der Waals surface area contributed by atoms with Crippen molar-refractivity contribution < 1.29 is 8.78 Å². The Morgan fingerprint density at radius 3 is 2.89 bits per heavy atom. The van der Waals surface area contributed by atoms with E-state index in [1.165, 1.54) is 4.68 Å². The first-order valence-corrected chi connectivity index (χ1v) is 6.16. The van der Waals surface area contributed by atoms with Gasteiger partial charge >= 0.3 is 0 Å². The number of aromatic nitrogens is 3. The topological polar surface area (TPSA) is 56.7 Å². The lowest BCUT2D eigenvalue weighted by Gasteiger charge is -2.01. The maximum atomic E-state index is 12.8. The molecule has 1 saturated carbocycles. The molecule has 1 atom stereocenters. The van der Waals surface area contributed by atoms with E-state index in [1.54, 1.807) is 24.5 Å². The van der Waals surface area contributed by atoms with Crippen LogP contribution in [0.5, 0.6) is 0 Å². The fourth-order valence-electron chi connectivity index (χ4n) is 1.90. The Morgan fingerprint density at radius 1 is 1.53 bits per heavy atom. The highest BCUT2D eigenvalue weighted by molar-refractivity contribution is 6.33. The molecule has 0 spiro atoms. The van der Waals surface area contributed by atoms with E-state index in [-0.39, 0.29) is 18.8 Å². The van der Waals surface area contributed by atoms with Crippen LogP contribution in [0, 0.1) is 5.92 Å². The van der Waals surface area contributed by atoms with Gasteiger partial charge in [-0.2, -0.15) is 5.10 Å². The van der Waals surface area contributed by atoms with Crippen molar-refractivity contribution in [1.29, 1.82) is 0 Å². The van der Waals surface area contributed by atoms with Gasteiger partial charge in [0.25, 0.3) is 5.92 Å². The minimum Gasteiger partial charge on any atom is -0.382 e. The number of hydrogen-bond donors (Lipinski definition) is 1. The number of halogens is 3. The van der Waals surface area contributed by atoms with E-state index < -0.39 is 11.8 Å². The highest BCUT2D eigenvalue weighted by Crippen LogP contribution is 2.49. The number of alkyl halides is 2. The van der Waals surface area contributed by atoms with E-state index in [4.69, 9.17) is 17.3 Å². The van der Waals surface area contributed by atoms with Crippen LogP contribution in [0.1, 0.15) is 6.42 Å². The van der Waals surface area contributed by atoms with Crippen molar-refractivity contribution in [2.24, 2.45) is 5.92 Å². The fourth-order valence-corrected chi connectivity index (χ4v) is 2.07. The van der Waals surface area contributed by atoms with Crippen molar-refractivity contribution in [1.82, 2.24) is 14.8 Å². The first-order chi connectivity index (χ1) is 8.95. The van der Waals surface area contributed by atoms with Crippen molar-refractivity contribution >= 4 is 17.4 Å². The zero-order valence-corrected chi connectivity index (χ0v) is 10.6. The molecule has 19 heavy (non-hydrogen) atoms. The van der Waals surface area contributed by atoms with E-state index in [9.17, 15) is 8.78 Å². The number of nitrogens with two attached hydrogens (primary N) is 1. The zero-order valence-electron chi connectivity index (χ0n) is 9.85. The first kappa shape index (κ1) is 12.3. The zero-order chi connectivity index (χ0) is 13.6. The Bertz CT molecular complexity index is 626. The summed E-state index contributed by atoms with van der Waals surface area (Å²) in [5.41, 5.74) is 6.87. The van der Waals surface area contributed by atoms with Crippen molar-refractivity contribution in [3.8, 4) is 11.3 Å². The molecule has 2 heterocycles. The molecule has 1 fully saturated rings. The van der Waals surface area contributed by atoms with Crippen LogP contribution in [0.4, 0.5) is 14.6 Å². The maximum Gasteiger partial charge on any atom is 0.253 e. The van der Waals surface area contributed by atoms with Crippen LogP contribution in [-0.4, -0.2) is 20.7 Å². The second kappa shape index (κ2) is 4.16. The van der Waals surface area contributed by atoms with Gasteiger partial charge in [-0.3, -0.25) is 4.68 Å². The Labute approximate surface area is 113 Å². The largest absolute Gasteiger partial charge is 0.382 e. The van der Waals surface area contributed by atoms with E-state index in [1.807, 2.05) is 0 Å². The number of rotatable bonds is 3. The van der Waals surface area contributed by atoms with Gasteiger partial charge in [0, 0.05) is 36.8 Å². The molecule has 1 unspecified atom stereocenters. The second-order valence-corrected chi connectivity index (χ2v) is 5.08. The van der Waals surface area contributed by atoms with Gasteiger partial charge in [-0.15, -0.1) is 0 Å². The molecule has 0 radical (unpaired) electrons. The van der Waals surface area contributed by atoms with Crippen LogP contribution >= 0.6 is 11.6 Å². The molecule has 7 heteroatoms. The van der Waals surface area contributed by atoms with Gasteiger partial charge < -0.3 is 5.73 Å². The molecule has 1 aliphatic rings. The summed E-state index contributed by atoms with van der Waals surface area (Å²) in [6, 6.07) is 3.40. The molecule has 3 rings (SSSR count). The van der Waals surface area contributed by atoms with Crippen LogP contribution < -0.4 is 5.73 Å². The summed E-state index contributed by atoms with van der Waals surface area (Å²) < 4.78 is 27.2. The van der Waals surface area contributed by atoms with Crippen molar-refractivity contribution in [3.05, 3.63) is 29.5 Å². The smallest absolute Gasteiger partial charge is 0.253 e. The quantitative estimate of drug-likeness (QED) is 0.943. The van der Waals surface area contributed by atoms with E-state index in [2.05, 4.69) is 10.1 Å². The maximum absolute atomic E-state index is 12.8. The summed E-state index contributed by atoms with van der Waals surface area (Å²) in [7, 11) is 0. The molecule has 2 aromatic rings. The lowest BCUT2D eigenvalue weighted by molar-refractivity contribution is 0.0942. The molecule has 0 bridgehead atoms. The van der Waals surface area contributed by atoms with Crippen molar-refractivity contribution in [2.45, 2.75) is 18.9 Å². The summed E-state index contributed by atoms with van der Waals surface area (Å²) in [6.45, 7) is 0.225. The SMILES string of the molecule is Nc1ncc(-c2ccn(CC3CC3(F)F)n2)cc1Cl. The van der Waals surface area contributed by atoms with Gasteiger partial charge in [-0.1, -0.05) is 11.6 Å². The second-order valence-electron chi connectivity index (χ2n) is 4.68. The standard InChI is InChI=1S/C12H11ClF2N4/c13-9-3-7(5-17-11(9)16)10-1-2-19(18-10)6-8-4-12(8,14)15/h1-3,5,8H,4,6H2,(H2,16,17). The van der Waals surface area contributed by atoms with Gasteiger partial charge in [0.05, 0.1) is 10.7 Å².